The molecule has 2 N–H and O–H groups in total. The molecule has 136 valence electrons. The highest BCUT2D eigenvalue weighted by Gasteiger charge is 2.33. The summed E-state index contributed by atoms with van der Waals surface area (Å²) in [6.07, 6.45) is 2.30. The molecule has 0 saturated heterocycles. The van der Waals surface area contributed by atoms with Gasteiger partial charge in [0.2, 0.25) is 5.91 Å². The molecule has 1 aliphatic heterocycles. The summed E-state index contributed by atoms with van der Waals surface area (Å²) in [5, 5.41) is 12.5. The lowest BCUT2D eigenvalue weighted by Crippen LogP contribution is -2.49. The molecular weight excluding hydrogens is 406 g/mol. The standard InChI is InChI=1S/C21H18BrN3O2/c22-15-7-8-16(23-12-15)13-25-19-4-2-1-3-18(19)24-21(27)20(25)11-14-5-9-17(26)10-6-14/h1-10,12,20,26H,11,13H2,(H,24,27)/t20-/m1/s1. The lowest BCUT2D eigenvalue weighted by molar-refractivity contribution is -0.117. The second kappa shape index (κ2) is 7.40. The lowest BCUT2D eigenvalue weighted by atomic mass is 9.99. The van der Waals surface area contributed by atoms with Crippen molar-refractivity contribution in [2.75, 3.05) is 10.2 Å². The van der Waals surface area contributed by atoms with Gasteiger partial charge in [0.15, 0.2) is 0 Å². The predicted molar refractivity (Wildman–Crippen MR) is 109 cm³/mol. The Morgan fingerprint density at radius 2 is 1.85 bits per heavy atom. The number of carbonyl (C=O) groups excluding carboxylic acids is 1. The number of para-hydroxylation sites is 2. The Bertz CT molecular complexity index is 958. The Morgan fingerprint density at radius 1 is 1.07 bits per heavy atom. The number of carbonyl (C=O) groups is 1. The number of nitrogens with zero attached hydrogens (tertiary/aromatic N) is 2. The van der Waals surface area contributed by atoms with Gasteiger partial charge < -0.3 is 15.3 Å². The summed E-state index contributed by atoms with van der Waals surface area (Å²) in [5.74, 6) is 0.173. The third-order valence-corrected chi connectivity index (χ3v) is 5.11. The van der Waals surface area contributed by atoms with Crippen LogP contribution in [-0.2, 0) is 17.8 Å². The number of halogens is 1. The van der Waals surface area contributed by atoms with E-state index in [-0.39, 0.29) is 17.7 Å². The molecule has 1 aromatic heterocycles. The van der Waals surface area contributed by atoms with Crippen LogP contribution in [0.15, 0.2) is 71.3 Å². The van der Waals surface area contributed by atoms with Gasteiger partial charge in [0.1, 0.15) is 11.8 Å². The Morgan fingerprint density at radius 3 is 2.59 bits per heavy atom. The summed E-state index contributed by atoms with van der Waals surface area (Å²) in [6, 6.07) is 18.3. The van der Waals surface area contributed by atoms with Crippen LogP contribution in [0, 0.1) is 0 Å². The molecular formula is C21H18BrN3O2. The van der Waals surface area contributed by atoms with E-state index < -0.39 is 0 Å². The zero-order chi connectivity index (χ0) is 18.8. The number of aromatic nitrogens is 1. The third kappa shape index (κ3) is 3.80. The number of nitrogens with one attached hydrogen (secondary N) is 1. The summed E-state index contributed by atoms with van der Waals surface area (Å²) in [6.45, 7) is 0.528. The average Bonchev–Trinajstić information content (AvgIpc) is 2.67. The summed E-state index contributed by atoms with van der Waals surface area (Å²) in [5.41, 5.74) is 3.66. The molecule has 0 unspecified atom stereocenters. The molecule has 0 bridgehead atoms. The Kier molecular flexibility index (Phi) is 4.81. The summed E-state index contributed by atoms with van der Waals surface area (Å²) in [7, 11) is 0. The van der Waals surface area contributed by atoms with E-state index in [1.54, 1.807) is 18.3 Å². The largest absolute Gasteiger partial charge is 0.508 e. The van der Waals surface area contributed by atoms with Crippen molar-refractivity contribution in [3.8, 4) is 5.75 Å². The molecule has 1 aliphatic rings. The fourth-order valence-corrected chi connectivity index (χ4v) is 3.52. The lowest BCUT2D eigenvalue weighted by Gasteiger charge is -2.38. The fraction of sp³-hybridized carbons (Fsp3) is 0.143. The van der Waals surface area contributed by atoms with Crippen LogP contribution in [0.1, 0.15) is 11.3 Å². The Balaban J connectivity index is 1.69. The summed E-state index contributed by atoms with van der Waals surface area (Å²) >= 11 is 3.41. The van der Waals surface area contributed by atoms with E-state index in [4.69, 9.17) is 0 Å². The number of benzene rings is 2. The van der Waals surface area contributed by atoms with Crippen LogP contribution in [0.3, 0.4) is 0 Å². The van der Waals surface area contributed by atoms with E-state index in [0.717, 1.165) is 27.1 Å². The Hall–Kier alpha value is -2.86. The number of hydrogen-bond acceptors (Lipinski definition) is 4. The van der Waals surface area contributed by atoms with Gasteiger partial charge in [-0.05, 0) is 57.9 Å². The van der Waals surface area contributed by atoms with Gasteiger partial charge in [0, 0.05) is 17.1 Å². The molecule has 1 amide bonds. The maximum atomic E-state index is 12.9. The summed E-state index contributed by atoms with van der Waals surface area (Å²) < 4.78 is 0.920. The number of aromatic hydroxyl groups is 1. The normalized spacial score (nSPS) is 16.0. The number of amides is 1. The third-order valence-electron chi connectivity index (χ3n) is 4.64. The van der Waals surface area contributed by atoms with Crippen molar-refractivity contribution in [3.05, 3.63) is 82.6 Å². The van der Waals surface area contributed by atoms with Crippen molar-refractivity contribution in [1.82, 2.24) is 4.98 Å². The predicted octanol–water partition coefficient (Wildman–Crippen LogP) is 4.12. The molecule has 0 fully saturated rings. The first-order valence-electron chi connectivity index (χ1n) is 8.65. The minimum Gasteiger partial charge on any atom is -0.508 e. The van der Waals surface area contributed by atoms with E-state index in [2.05, 4.69) is 31.1 Å². The number of phenols is 1. The molecule has 5 nitrogen and oxygen atoms in total. The van der Waals surface area contributed by atoms with Crippen LogP contribution in [-0.4, -0.2) is 22.0 Å². The van der Waals surface area contributed by atoms with Gasteiger partial charge in [-0.15, -0.1) is 0 Å². The van der Waals surface area contributed by atoms with Gasteiger partial charge >= 0.3 is 0 Å². The molecule has 0 aliphatic carbocycles. The van der Waals surface area contributed by atoms with E-state index in [0.29, 0.717) is 13.0 Å². The van der Waals surface area contributed by atoms with E-state index in [1.807, 2.05) is 48.5 Å². The van der Waals surface area contributed by atoms with Crippen LogP contribution in [0.5, 0.6) is 5.75 Å². The molecule has 4 rings (SSSR count). The van der Waals surface area contributed by atoms with Crippen molar-refractivity contribution >= 4 is 33.2 Å². The zero-order valence-electron chi connectivity index (χ0n) is 14.5. The van der Waals surface area contributed by atoms with Gasteiger partial charge in [0.05, 0.1) is 23.6 Å². The monoisotopic (exact) mass is 423 g/mol. The van der Waals surface area contributed by atoms with E-state index in [9.17, 15) is 9.90 Å². The van der Waals surface area contributed by atoms with Crippen molar-refractivity contribution in [1.29, 1.82) is 0 Å². The Labute approximate surface area is 165 Å². The minimum atomic E-state index is -0.366. The smallest absolute Gasteiger partial charge is 0.247 e. The quantitative estimate of drug-likeness (QED) is 0.662. The molecule has 0 saturated carbocycles. The molecule has 2 heterocycles. The molecule has 1 atom stereocenters. The number of rotatable bonds is 4. The number of fused-ring (bicyclic) bond motifs is 1. The van der Waals surface area contributed by atoms with Crippen molar-refractivity contribution < 1.29 is 9.90 Å². The number of hydrogen-bond donors (Lipinski definition) is 2. The molecule has 27 heavy (non-hydrogen) atoms. The first kappa shape index (κ1) is 17.5. The van der Waals surface area contributed by atoms with Gasteiger partial charge in [-0.2, -0.15) is 0 Å². The van der Waals surface area contributed by atoms with E-state index in [1.165, 1.54) is 0 Å². The second-order valence-electron chi connectivity index (χ2n) is 6.49. The summed E-state index contributed by atoms with van der Waals surface area (Å²) in [4.78, 5) is 19.4. The number of anilines is 2. The average molecular weight is 424 g/mol. The van der Waals surface area contributed by atoms with Crippen LogP contribution in [0.4, 0.5) is 11.4 Å². The van der Waals surface area contributed by atoms with Gasteiger partial charge in [-0.1, -0.05) is 24.3 Å². The SMILES string of the molecule is O=C1Nc2ccccc2N(Cc2ccc(Br)cn2)[C@@H]1Cc1ccc(O)cc1. The minimum absolute atomic E-state index is 0.0427. The van der Waals surface area contributed by atoms with Gasteiger partial charge in [0.25, 0.3) is 0 Å². The van der Waals surface area contributed by atoms with E-state index >= 15 is 0 Å². The van der Waals surface area contributed by atoms with Crippen LogP contribution in [0.2, 0.25) is 0 Å². The topological polar surface area (TPSA) is 65.5 Å². The van der Waals surface area contributed by atoms with Gasteiger partial charge in [-0.25, -0.2) is 0 Å². The van der Waals surface area contributed by atoms with Crippen LogP contribution >= 0.6 is 15.9 Å². The fourth-order valence-electron chi connectivity index (χ4n) is 3.28. The maximum absolute atomic E-state index is 12.9. The molecule has 6 heteroatoms. The van der Waals surface area contributed by atoms with Crippen LogP contribution < -0.4 is 10.2 Å². The van der Waals surface area contributed by atoms with Crippen LogP contribution in [0.25, 0.3) is 0 Å². The van der Waals surface area contributed by atoms with Crippen molar-refractivity contribution in [2.24, 2.45) is 0 Å². The zero-order valence-corrected chi connectivity index (χ0v) is 16.1. The molecule has 2 aromatic carbocycles. The molecule has 0 radical (unpaired) electrons. The van der Waals surface area contributed by atoms with Crippen molar-refractivity contribution in [2.45, 2.75) is 19.0 Å². The number of pyridine rings is 1. The molecule has 3 aromatic rings. The molecule has 0 spiro atoms. The number of phenolic OH excluding ortho intramolecular Hbond substituents is 1. The second-order valence-corrected chi connectivity index (χ2v) is 7.40. The first-order valence-corrected chi connectivity index (χ1v) is 9.44. The van der Waals surface area contributed by atoms with Gasteiger partial charge in [-0.3, -0.25) is 9.78 Å². The van der Waals surface area contributed by atoms with Crippen molar-refractivity contribution in [3.63, 3.8) is 0 Å². The highest BCUT2D eigenvalue weighted by molar-refractivity contribution is 9.10. The highest BCUT2D eigenvalue weighted by Crippen LogP contribution is 2.34. The highest BCUT2D eigenvalue weighted by atomic mass is 79.9. The first-order chi connectivity index (χ1) is 13.1. The maximum Gasteiger partial charge on any atom is 0.247 e.